The van der Waals surface area contributed by atoms with E-state index in [-0.39, 0.29) is 0 Å². The van der Waals surface area contributed by atoms with E-state index in [9.17, 15) is 10.5 Å². The molecule has 0 atom stereocenters. The van der Waals surface area contributed by atoms with Crippen LogP contribution in [0.5, 0.6) is 0 Å². The fraction of sp³-hybridized carbons (Fsp3) is 0. The first-order chi connectivity index (χ1) is 10.8. The van der Waals surface area contributed by atoms with Gasteiger partial charge in [0.1, 0.15) is 23.5 Å². The first-order valence-corrected chi connectivity index (χ1v) is 8.97. The summed E-state index contributed by atoms with van der Waals surface area (Å²) >= 11 is 3.29. The topological polar surface area (TPSA) is 63.4 Å². The van der Waals surface area contributed by atoms with E-state index < -0.39 is 0 Å². The maximum Gasteiger partial charge on any atom is 0.128 e. The number of nitrogens with zero attached hydrogens (tertiary/aromatic N) is 2. The number of aromatic amines is 1. The Bertz CT molecular complexity index is 937. The molecule has 0 unspecified atom stereocenters. The van der Waals surface area contributed by atoms with Gasteiger partial charge in [0.25, 0.3) is 0 Å². The van der Waals surface area contributed by atoms with Crippen molar-refractivity contribution in [1.29, 1.82) is 10.5 Å². The van der Waals surface area contributed by atoms with Crippen molar-refractivity contribution in [3.05, 3.63) is 67.3 Å². The Morgan fingerprint density at radius 3 is 1.68 bits per heavy atom. The van der Waals surface area contributed by atoms with Crippen LogP contribution in [0.15, 0.2) is 35.0 Å². The van der Waals surface area contributed by atoms with Gasteiger partial charge in [-0.25, -0.2) is 0 Å². The molecule has 0 radical (unpaired) electrons. The van der Waals surface area contributed by atoms with Crippen molar-refractivity contribution in [2.24, 2.45) is 0 Å². The van der Waals surface area contributed by atoms with E-state index in [1.165, 1.54) is 0 Å². The van der Waals surface area contributed by atoms with Crippen LogP contribution >= 0.6 is 33.6 Å². The second-order valence-electron chi connectivity index (χ2n) is 4.56. The number of H-pyrrole nitrogens is 1. The van der Waals surface area contributed by atoms with Crippen molar-refractivity contribution in [3.8, 4) is 12.1 Å². The van der Waals surface area contributed by atoms with E-state index in [4.69, 9.17) is 0 Å². The SMILES string of the molecule is N#Cc1[nH]c(C#N)c2c1C(c1cccs1)=S=C2c1cccs1. The Balaban J connectivity index is 2.08. The van der Waals surface area contributed by atoms with Gasteiger partial charge < -0.3 is 4.98 Å². The van der Waals surface area contributed by atoms with Gasteiger partial charge in [-0.1, -0.05) is 12.1 Å². The van der Waals surface area contributed by atoms with E-state index >= 15 is 0 Å². The molecule has 3 aromatic rings. The van der Waals surface area contributed by atoms with Crippen molar-refractivity contribution in [1.82, 2.24) is 4.98 Å². The molecular weight excluding hydrogens is 330 g/mol. The Kier molecular flexibility index (Phi) is 3.09. The van der Waals surface area contributed by atoms with Crippen LogP contribution in [-0.2, 0) is 0 Å². The number of hydrogen-bond donors (Lipinski definition) is 1. The molecule has 0 saturated carbocycles. The van der Waals surface area contributed by atoms with E-state index in [1.54, 1.807) is 33.6 Å². The zero-order chi connectivity index (χ0) is 15.1. The first kappa shape index (κ1) is 13.3. The summed E-state index contributed by atoms with van der Waals surface area (Å²) in [7, 11) is 1.65. The zero-order valence-corrected chi connectivity index (χ0v) is 13.5. The first-order valence-electron chi connectivity index (χ1n) is 6.40. The molecule has 4 heterocycles. The number of nitriles is 2. The monoisotopic (exact) mass is 337 g/mol. The summed E-state index contributed by atoms with van der Waals surface area (Å²) in [5.74, 6) is 0. The lowest BCUT2D eigenvalue weighted by atomic mass is 10.0. The molecule has 3 nitrogen and oxygen atoms in total. The highest BCUT2D eigenvalue weighted by atomic mass is 32.1. The third-order valence-electron chi connectivity index (χ3n) is 3.37. The summed E-state index contributed by atoms with van der Waals surface area (Å²) in [5, 5.41) is 22.9. The van der Waals surface area contributed by atoms with Crippen LogP contribution in [0.1, 0.15) is 32.3 Å². The van der Waals surface area contributed by atoms with Gasteiger partial charge in [-0.05, 0) is 22.9 Å². The normalized spacial score (nSPS) is 12.6. The summed E-state index contributed by atoms with van der Waals surface area (Å²) in [5.41, 5.74) is 2.67. The predicted molar refractivity (Wildman–Crippen MR) is 92.9 cm³/mol. The van der Waals surface area contributed by atoms with Gasteiger partial charge in [0.05, 0.1) is 9.73 Å². The predicted octanol–water partition coefficient (Wildman–Crippen LogP) is 3.77. The second-order valence-corrected chi connectivity index (χ2v) is 7.48. The Hall–Kier alpha value is -2.38. The molecule has 1 aliphatic heterocycles. The molecule has 104 valence electrons. The van der Waals surface area contributed by atoms with Gasteiger partial charge in [-0.2, -0.15) is 10.5 Å². The molecule has 0 saturated heterocycles. The van der Waals surface area contributed by atoms with Crippen molar-refractivity contribution in [3.63, 3.8) is 0 Å². The molecule has 0 aromatic carbocycles. The number of rotatable bonds is 2. The summed E-state index contributed by atoms with van der Waals surface area (Å²) in [6.45, 7) is 0. The van der Waals surface area contributed by atoms with E-state index in [2.05, 4.69) is 17.1 Å². The Labute approximate surface area is 138 Å². The van der Waals surface area contributed by atoms with E-state index in [0.717, 1.165) is 30.6 Å². The number of thiophene rings is 2. The summed E-state index contributed by atoms with van der Waals surface area (Å²) in [6, 6.07) is 12.5. The summed E-state index contributed by atoms with van der Waals surface area (Å²) in [4.78, 5) is 7.33. The Morgan fingerprint density at radius 1 is 0.818 bits per heavy atom. The molecule has 0 fully saturated rings. The average molecular weight is 337 g/mol. The molecule has 0 amide bonds. The van der Waals surface area contributed by atoms with Crippen LogP contribution in [0, 0.1) is 22.7 Å². The smallest absolute Gasteiger partial charge is 0.128 e. The van der Waals surface area contributed by atoms with Crippen LogP contribution in [0.3, 0.4) is 0 Å². The quantitative estimate of drug-likeness (QED) is 0.566. The lowest BCUT2D eigenvalue weighted by Gasteiger charge is -1.99. The van der Waals surface area contributed by atoms with Gasteiger partial charge in [-0.15, -0.1) is 33.6 Å². The van der Waals surface area contributed by atoms with Gasteiger partial charge in [0.15, 0.2) is 0 Å². The molecule has 1 N–H and O–H groups in total. The minimum Gasteiger partial charge on any atom is -0.337 e. The third-order valence-corrected chi connectivity index (χ3v) is 6.66. The summed E-state index contributed by atoms with van der Waals surface area (Å²) in [6.07, 6.45) is 0. The minimum atomic E-state index is 0.467. The van der Waals surface area contributed by atoms with Crippen molar-refractivity contribution in [2.45, 2.75) is 0 Å². The molecule has 1 aliphatic rings. The highest BCUT2D eigenvalue weighted by Gasteiger charge is 2.30. The zero-order valence-electron chi connectivity index (χ0n) is 11.1. The van der Waals surface area contributed by atoms with Crippen LogP contribution < -0.4 is 0 Å². The average Bonchev–Trinajstić information content (AvgIpc) is 3.29. The molecule has 3 aromatic heterocycles. The summed E-state index contributed by atoms with van der Waals surface area (Å²) < 4.78 is 0. The number of aromatic nitrogens is 1. The minimum absolute atomic E-state index is 0.467. The standard InChI is InChI=1S/C16H7N3S3/c17-7-9-13-14(10(8-18)19-9)16(12-4-2-6-21-12)22-15(13)11-3-1-5-20-11/h1-6,19H. The molecule has 0 bridgehead atoms. The molecule has 0 aliphatic carbocycles. The van der Waals surface area contributed by atoms with Gasteiger partial charge in [0.2, 0.25) is 0 Å². The molecule has 22 heavy (non-hydrogen) atoms. The fourth-order valence-electron chi connectivity index (χ4n) is 2.49. The van der Waals surface area contributed by atoms with Crippen molar-refractivity contribution in [2.75, 3.05) is 0 Å². The molecule has 6 heteroatoms. The van der Waals surface area contributed by atoms with E-state index in [0.29, 0.717) is 11.4 Å². The molecule has 4 rings (SSSR count). The van der Waals surface area contributed by atoms with Crippen molar-refractivity contribution >= 4 is 43.3 Å². The highest BCUT2D eigenvalue weighted by Crippen LogP contribution is 2.34. The van der Waals surface area contributed by atoms with Crippen LogP contribution in [-0.4, -0.2) is 14.7 Å². The lowest BCUT2D eigenvalue weighted by molar-refractivity contribution is 1.28. The van der Waals surface area contributed by atoms with Crippen LogP contribution in [0.2, 0.25) is 0 Å². The number of fused-ring (bicyclic) bond motifs is 1. The number of hydrogen-bond acceptors (Lipinski definition) is 4. The maximum absolute atomic E-state index is 9.43. The maximum atomic E-state index is 9.43. The third kappa shape index (κ3) is 1.83. The fourth-order valence-corrected chi connectivity index (χ4v) is 5.52. The second kappa shape index (κ2) is 5.11. The van der Waals surface area contributed by atoms with Crippen LogP contribution in [0.4, 0.5) is 0 Å². The largest absolute Gasteiger partial charge is 0.337 e. The molecule has 0 spiro atoms. The molecular formula is C16H7N3S3. The van der Waals surface area contributed by atoms with Crippen LogP contribution in [0.25, 0.3) is 0 Å². The van der Waals surface area contributed by atoms with Gasteiger partial charge in [0, 0.05) is 20.9 Å². The van der Waals surface area contributed by atoms with Crippen molar-refractivity contribution < 1.29 is 0 Å². The Morgan fingerprint density at radius 2 is 1.32 bits per heavy atom. The van der Waals surface area contributed by atoms with E-state index in [1.807, 2.05) is 35.0 Å². The van der Waals surface area contributed by atoms with Gasteiger partial charge in [-0.3, -0.25) is 0 Å². The lowest BCUT2D eigenvalue weighted by Crippen LogP contribution is -2.01. The van der Waals surface area contributed by atoms with Gasteiger partial charge >= 0.3 is 0 Å². The number of nitrogens with one attached hydrogen (secondary N) is 1. The highest BCUT2D eigenvalue weighted by molar-refractivity contribution is 8.00.